The summed E-state index contributed by atoms with van der Waals surface area (Å²) in [5, 5.41) is 16.2. The highest BCUT2D eigenvalue weighted by Gasteiger charge is 2.07. The highest BCUT2D eigenvalue weighted by Crippen LogP contribution is 2.26. The molecule has 0 aliphatic carbocycles. The minimum Gasteiger partial charge on any atom is -0.565 e. The smallest absolute Gasteiger partial charge is 0.249 e. The van der Waals surface area contributed by atoms with Crippen molar-refractivity contribution in [2.75, 3.05) is 0 Å². The van der Waals surface area contributed by atoms with Gasteiger partial charge in [-0.05, 0) is 31.9 Å². The molecule has 0 aliphatic heterocycles. The first kappa shape index (κ1) is 13.7. The van der Waals surface area contributed by atoms with Gasteiger partial charge in [0.25, 0.3) is 0 Å². The summed E-state index contributed by atoms with van der Waals surface area (Å²) in [6.45, 7) is 6.08. The van der Waals surface area contributed by atoms with Gasteiger partial charge in [-0.3, -0.25) is 0 Å². The van der Waals surface area contributed by atoms with Crippen LogP contribution < -0.4 is 10.8 Å². The molecule has 0 atom stereocenters. The number of aryl methyl sites for hydroxylation is 1. The third kappa shape index (κ3) is 4.18. The van der Waals surface area contributed by atoms with E-state index in [9.17, 15) is 0 Å². The van der Waals surface area contributed by atoms with Crippen LogP contribution in [0.25, 0.3) is 0 Å². The van der Waals surface area contributed by atoms with Crippen LogP contribution >= 0.6 is 11.6 Å². The second-order valence-corrected chi connectivity index (χ2v) is 3.56. The number of benzene rings is 1. The molecule has 0 heterocycles. The molecule has 1 aromatic carbocycles. The second kappa shape index (κ2) is 5.58. The zero-order valence-corrected chi connectivity index (χ0v) is 9.68. The lowest BCUT2D eigenvalue weighted by atomic mass is 10.0. The third-order valence-electron chi connectivity index (χ3n) is 2.11. The fourth-order valence-corrected chi connectivity index (χ4v) is 1.33. The molecule has 0 radical (unpaired) electrons. The van der Waals surface area contributed by atoms with Crippen molar-refractivity contribution in [1.29, 1.82) is 0 Å². The summed E-state index contributed by atoms with van der Waals surface area (Å²) in [5.74, 6) is 0. The number of quaternary nitrogens is 1. The first-order valence-electron chi connectivity index (χ1n) is 4.25. The van der Waals surface area contributed by atoms with Crippen molar-refractivity contribution in [3.05, 3.63) is 27.8 Å². The van der Waals surface area contributed by atoms with E-state index in [1.807, 2.05) is 26.8 Å². The van der Waals surface area contributed by atoms with Crippen LogP contribution in [0.2, 0.25) is 5.02 Å². The quantitative estimate of drug-likeness (QED) is 0.699. The van der Waals surface area contributed by atoms with Gasteiger partial charge in [0.1, 0.15) is 5.69 Å². The van der Waals surface area contributed by atoms with Crippen LogP contribution in [0.5, 0.6) is 0 Å². The van der Waals surface area contributed by atoms with Gasteiger partial charge >= 0.3 is 0 Å². The van der Waals surface area contributed by atoms with Gasteiger partial charge < -0.3 is 20.7 Å². The van der Waals surface area contributed by atoms with Crippen molar-refractivity contribution >= 4 is 23.4 Å². The Labute approximate surface area is 93.3 Å². The Balaban J connectivity index is 0.000000423. The van der Waals surface area contributed by atoms with Crippen molar-refractivity contribution in [1.82, 2.24) is 0 Å². The molecular formula is C10H14ClNO3. The van der Waals surface area contributed by atoms with E-state index in [2.05, 4.69) is 5.73 Å². The number of carboxylic acid groups (broad SMARTS) is 2. The van der Waals surface area contributed by atoms with Gasteiger partial charge in [0.05, 0.1) is 0 Å². The molecule has 84 valence electrons. The Kier molecular flexibility index (Phi) is 5.11. The van der Waals surface area contributed by atoms with Gasteiger partial charge in [-0.2, -0.15) is 0 Å². The largest absolute Gasteiger partial charge is 0.565 e. The standard InChI is InChI=1S/C9H12ClN.CH2O3/c1-5-4-8(11)6(2)7(3)9(5)10;2-1(3)4/h4H,11H2,1-3H3;(H2,2,3,4). The summed E-state index contributed by atoms with van der Waals surface area (Å²) >= 11 is 6.03. The number of hydrogen-bond acceptors (Lipinski definition) is 2. The molecule has 0 bridgehead atoms. The number of halogens is 1. The first-order chi connectivity index (χ1) is 6.77. The van der Waals surface area contributed by atoms with Gasteiger partial charge in [-0.1, -0.05) is 11.6 Å². The molecule has 1 aromatic rings. The minimum absolute atomic E-state index is 0.870. The SMILES string of the molecule is Cc1cc([NH3+])c(C)c(C)c1Cl.O=C([O-])O. The summed E-state index contributed by atoms with van der Waals surface area (Å²) in [4.78, 5) is 8.44. The fraction of sp³-hybridized carbons (Fsp3) is 0.300. The summed E-state index contributed by atoms with van der Waals surface area (Å²) in [6, 6.07) is 2.02. The van der Waals surface area contributed by atoms with Crippen molar-refractivity contribution in [3.8, 4) is 0 Å². The molecule has 0 unspecified atom stereocenters. The molecule has 5 heteroatoms. The molecule has 4 N–H and O–H groups in total. The Bertz CT molecular complexity index is 347. The molecule has 0 amide bonds. The molecule has 15 heavy (non-hydrogen) atoms. The molecule has 0 saturated carbocycles. The highest BCUT2D eigenvalue weighted by atomic mass is 35.5. The molecule has 0 fully saturated rings. The third-order valence-corrected chi connectivity index (χ3v) is 2.69. The van der Waals surface area contributed by atoms with Crippen molar-refractivity contribution in [2.24, 2.45) is 0 Å². The maximum absolute atomic E-state index is 8.44. The van der Waals surface area contributed by atoms with Crippen LogP contribution in [0.3, 0.4) is 0 Å². The predicted molar refractivity (Wildman–Crippen MR) is 56.2 cm³/mol. The minimum atomic E-state index is -2.08. The number of rotatable bonds is 0. The molecule has 0 aromatic heterocycles. The molecule has 4 nitrogen and oxygen atoms in total. The van der Waals surface area contributed by atoms with Gasteiger partial charge in [0, 0.05) is 16.7 Å². The van der Waals surface area contributed by atoms with Gasteiger partial charge in [-0.15, -0.1) is 0 Å². The highest BCUT2D eigenvalue weighted by molar-refractivity contribution is 6.32. The van der Waals surface area contributed by atoms with E-state index in [0.29, 0.717) is 0 Å². The van der Waals surface area contributed by atoms with Crippen LogP contribution in [0.15, 0.2) is 6.07 Å². The second-order valence-electron chi connectivity index (χ2n) is 3.18. The van der Waals surface area contributed by atoms with Gasteiger partial charge in [-0.25, -0.2) is 0 Å². The topological polar surface area (TPSA) is 88.0 Å². The maximum atomic E-state index is 8.44. The van der Waals surface area contributed by atoms with Crippen LogP contribution in [0.4, 0.5) is 10.5 Å². The predicted octanol–water partition coefficient (Wildman–Crippen LogP) is 1.03. The lowest BCUT2D eigenvalue weighted by Crippen LogP contribution is -2.41. The average Bonchev–Trinajstić information content (AvgIpc) is 2.11. The zero-order valence-electron chi connectivity index (χ0n) is 8.93. The van der Waals surface area contributed by atoms with Crippen molar-refractivity contribution in [2.45, 2.75) is 20.8 Å². The molecular weight excluding hydrogens is 218 g/mol. The zero-order chi connectivity index (χ0) is 12.2. The van der Waals surface area contributed by atoms with Crippen molar-refractivity contribution in [3.63, 3.8) is 0 Å². The van der Waals surface area contributed by atoms with E-state index in [1.54, 1.807) is 0 Å². The van der Waals surface area contributed by atoms with E-state index in [-0.39, 0.29) is 0 Å². The molecule has 0 aliphatic rings. The maximum Gasteiger partial charge on any atom is 0.249 e. The Morgan fingerprint density at radius 1 is 1.40 bits per heavy atom. The van der Waals surface area contributed by atoms with E-state index < -0.39 is 6.16 Å². The van der Waals surface area contributed by atoms with E-state index in [4.69, 9.17) is 26.6 Å². The number of hydrogen-bond donors (Lipinski definition) is 2. The van der Waals surface area contributed by atoms with Crippen molar-refractivity contribution < 1.29 is 20.7 Å². The van der Waals surface area contributed by atoms with Crippen LogP contribution in [0, 0.1) is 20.8 Å². The molecule has 1 rings (SSSR count). The summed E-state index contributed by atoms with van der Waals surface area (Å²) in [6.07, 6.45) is -2.08. The van der Waals surface area contributed by atoms with E-state index >= 15 is 0 Å². The van der Waals surface area contributed by atoms with Crippen LogP contribution in [-0.4, -0.2) is 11.3 Å². The van der Waals surface area contributed by atoms with Crippen LogP contribution in [-0.2, 0) is 0 Å². The Hall–Kier alpha value is -1.26. The van der Waals surface area contributed by atoms with Crippen LogP contribution in [0.1, 0.15) is 16.7 Å². The van der Waals surface area contributed by atoms with Gasteiger partial charge in [0.2, 0.25) is 6.16 Å². The van der Waals surface area contributed by atoms with Gasteiger partial charge in [0.15, 0.2) is 0 Å². The Morgan fingerprint density at radius 3 is 2.20 bits per heavy atom. The Morgan fingerprint density at radius 2 is 1.80 bits per heavy atom. The lowest BCUT2D eigenvalue weighted by molar-refractivity contribution is -0.275. The van der Waals surface area contributed by atoms with E-state index in [1.165, 1.54) is 5.56 Å². The first-order valence-corrected chi connectivity index (χ1v) is 4.63. The molecule has 0 spiro atoms. The fourth-order valence-electron chi connectivity index (χ4n) is 1.13. The summed E-state index contributed by atoms with van der Waals surface area (Å²) in [7, 11) is 0. The summed E-state index contributed by atoms with van der Waals surface area (Å²) in [5.41, 5.74) is 8.45. The summed E-state index contributed by atoms with van der Waals surface area (Å²) < 4.78 is 0. The lowest BCUT2D eigenvalue weighted by Gasteiger charge is -2.06. The van der Waals surface area contributed by atoms with E-state index in [0.717, 1.165) is 21.8 Å². The monoisotopic (exact) mass is 231 g/mol. The normalized spacial score (nSPS) is 9.13. The molecule has 0 saturated heterocycles. The number of carbonyl (C=O) groups is 1. The average molecular weight is 232 g/mol.